The molecule has 1 aromatic rings. The SMILES string of the molecule is CCCNC(CCC)C(C)c1cc(F)c(C)cc1F. The molecule has 1 nitrogen and oxygen atoms in total. The molecule has 0 aliphatic rings. The van der Waals surface area contributed by atoms with Crippen LogP contribution >= 0.6 is 0 Å². The van der Waals surface area contributed by atoms with E-state index in [9.17, 15) is 8.78 Å². The van der Waals surface area contributed by atoms with E-state index in [4.69, 9.17) is 0 Å². The van der Waals surface area contributed by atoms with Gasteiger partial charge in [-0.15, -0.1) is 0 Å². The van der Waals surface area contributed by atoms with Crippen molar-refractivity contribution in [1.29, 1.82) is 0 Å². The zero-order valence-corrected chi connectivity index (χ0v) is 12.4. The van der Waals surface area contributed by atoms with Crippen molar-refractivity contribution in [1.82, 2.24) is 5.32 Å². The molecule has 3 heteroatoms. The minimum absolute atomic E-state index is 0.0263. The molecule has 1 rings (SSSR count). The Bertz CT molecular complexity index is 404. The van der Waals surface area contributed by atoms with Gasteiger partial charge in [0.05, 0.1) is 0 Å². The Kier molecular flexibility index (Phi) is 6.43. The van der Waals surface area contributed by atoms with Crippen molar-refractivity contribution in [3.8, 4) is 0 Å². The highest BCUT2D eigenvalue weighted by atomic mass is 19.1. The average molecular weight is 269 g/mol. The van der Waals surface area contributed by atoms with E-state index in [1.54, 1.807) is 6.92 Å². The zero-order valence-electron chi connectivity index (χ0n) is 12.4. The Morgan fingerprint density at radius 1 is 1.11 bits per heavy atom. The summed E-state index contributed by atoms with van der Waals surface area (Å²) in [6.07, 6.45) is 3.04. The van der Waals surface area contributed by atoms with Crippen LogP contribution in [0.2, 0.25) is 0 Å². The summed E-state index contributed by atoms with van der Waals surface area (Å²) < 4.78 is 27.6. The van der Waals surface area contributed by atoms with Gasteiger partial charge in [-0.2, -0.15) is 0 Å². The number of nitrogens with one attached hydrogen (secondary N) is 1. The second-order valence-electron chi connectivity index (χ2n) is 5.26. The highest BCUT2D eigenvalue weighted by Gasteiger charge is 2.21. The molecule has 0 spiro atoms. The molecule has 0 bridgehead atoms. The number of halogens is 2. The average Bonchev–Trinajstić information content (AvgIpc) is 2.38. The second-order valence-corrected chi connectivity index (χ2v) is 5.26. The molecule has 1 N–H and O–H groups in total. The lowest BCUT2D eigenvalue weighted by atomic mass is 9.89. The van der Waals surface area contributed by atoms with Crippen LogP contribution in [-0.2, 0) is 0 Å². The Labute approximate surface area is 115 Å². The van der Waals surface area contributed by atoms with Crippen molar-refractivity contribution >= 4 is 0 Å². The molecule has 0 aromatic heterocycles. The summed E-state index contributed by atoms with van der Waals surface area (Å²) in [5, 5.41) is 3.44. The predicted molar refractivity (Wildman–Crippen MR) is 76.5 cm³/mol. The summed E-state index contributed by atoms with van der Waals surface area (Å²) in [6.45, 7) is 8.68. The fourth-order valence-electron chi connectivity index (χ4n) is 2.40. The molecule has 2 unspecified atom stereocenters. The third kappa shape index (κ3) is 4.27. The number of rotatable bonds is 7. The van der Waals surface area contributed by atoms with E-state index in [2.05, 4.69) is 19.2 Å². The molecule has 0 fully saturated rings. The minimum atomic E-state index is -0.325. The van der Waals surface area contributed by atoms with Gasteiger partial charge in [0.25, 0.3) is 0 Å². The van der Waals surface area contributed by atoms with Crippen LogP contribution in [0.25, 0.3) is 0 Å². The number of aryl methyl sites for hydroxylation is 1. The van der Waals surface area contributed by atoms with Gasteiger partial charge in [0.2, 0.25) is 0 Å². The fraction of sp³-hybridized carbons (Fsp3) is 0.625. The van der Waals surface area contributed by atoms with Crippen LogP contribution in [0.15, 0.2) is 12.1 Å². The van der Waals surface area contributed by atoms with E-state index in [1.165, 1.54) is 12.1 Å². The maximum absolute atomic E-state index is 14.0. The topological polar surface area (TPSA) is 12.0 Å². The normalized spacial score (nSPS) is 14.4. The molecule has 0 aliphatic carbocycles. The highest BCUT2D eigenvalue weighted by Crippen LogP contribution is 2.26. The molecule has 108 valence electrons. The van der Waals surface area contributed by atoms with E-state index in [0.717, 1.165) is 25.8 Å². The molecular formula is C16H25F2N. The fourth-order valence-corrected chi connectivity index (χ4v) is 2.40. The standard InChI is InChI=1S/C16H25F2N/c1-5-7-16(19-8-6-2)12(4)13-10-14(17)11(3)9-15(13)18/h9-10,12,16,19H,5-8H2,1-4H3. The van der Waals surface area contributed by atoms with Crippen LogP contribution in [0.5, 0.6) is 0 Å². The van der Waals surface area contributed by atoms with E-state index in [-0.39, 0.29) is 23.6 Å². The summed E-state index contributed by atoms with van der Waals surface area (Å²) in [7, 11) is 0. The van der Waals surface area contributed by atoms with Gasteiger partial charge in [0.1, 0.15) is 11.6 Å². The van der Waals surface area contributed by atoms with E-state index in [0.29, 0.717) is 11.1 Å². The van der Waals surface area contributed by atoms with Crippen molar-refractivity contribution in [2.24, 2.45) is 0 Å². The summed E-state index contributed by atoms with van der Waals surface area (Å²) in [4.78, 5) is 0. The summed E-state index contributed by atoms with van der Waals surface area (Å²) in [5.74, 6) is -0.651. The smallest absolute Gasteiger partial charge is 0.127 e. The largest absolute Gasteiger partial charge is 0.313 e. The Morgan fingerprint density at radius 3 is 2.37 bits per heavy atom. The van der Waals surface area contributed by atoms with Gasteiger partial charge in [-0.1, -0.05) is 27.2 Å². The molecule has 0 saturated carbocycles. The van der Waals surface area contributed by atoms with Gasteiger partial charge in [0, 0.05) is 6.04 Å². The van der Waals surface area contributed by atoms with Crippen LogP contribution in [0.3, 0.4) is 0 Å². The first kappa shape index (κ1) is 16.1. The number of hydrogen-bond donors (Lipinski definition) is 1. The summed E-state index contributed by atoms with van der Waals surface area (Å²) in [6, 6.07) is 2.84. The molecule has 19 heavy (non-hydrogen) atoms. The molecule has 0 radical (unpaired) electrons. The molecule has 2 atom stereocenters. The third-order valence-corrected chi connectivity index (χ3v) is 3.63. The maximum Gasteiger partial charge on any atom is 0.127 e. The highest BCUT2D eigenvalue weighted by molar-refractivity contribution is 5.28. The van der Waals surface area contributed by atoms with Crippen LogP contribution in [0, 0.1) is 18.6 Å². The lowest BCUT2D eigenvalue weighted by Crippen LogP contribution is -2.34. The molecule has 0 saturated heterocycles. The Morgan fingerprint density at radius 2 is 1.79 bits per heavy atom. The zero-order chi connectivity index (χ0) is 14.4. The van der Waals surface area contributed by atoms with Crippen molar-refractivity contribution in [2.75, 3.05) is 6.54 Å². The van der Waals surface area contributed by atoms with Crippen molar-refractivity contribution in [2.45, 2.75) is 58.9 Å². The van der Waals surface area contributed by atoms with Crippen molar-refractivity contribution in [3.63, 3.8) is 0 Å². The first-order valence-corrected chi connectivity index (χ1v) is 7.20. The monoisotopic (exact) mass is 269 g/mol. The van der Waals surface area contributed by atoms with E-state index < -0.39 is 0 Å². The second kappa shape index (κ2) is 7.59. The minimum Gasteiger partial charge on any atom is -0.313 e. The van der Waals surface area contributed by atoms with Crippen LogP contribution in [0.1, 0.15) is 57.1 Å². The van der Waals surface area contributed by atoms with Gasteiger partial charge < -0.3 is 5.32 Å². The van der Waals surface area contributed by atoms with E-state index in [1.807, 2.05) is 6.92 Å². The van der Waals surface area contributed by atoms with Crippen LogP contribution in [0.4, 0.5) is 8.78 Å². The Balaban J connectivity index is 2.94. The lowest BCUT2D eigenvalue weighted by molar-refractivity contribution is 0.409. The van der Waals surface area contributed by atoms with Gasteiger partial charge in [0.15, 0.2) is 0 Å². The molecule has 0 amide bonds. The molecular weight excluding hydrogens is 244 g/mol. The third-order valence-electron chi connectivity index (χ3n) is 3.63. The molecule has 0 heterocycles. The summed E-state index contributed by atoms with van der Waals surface area (Å²) >= 11 is 0. The summed E-state index contributed by atoms with van der Waals surface area (Å²) in [5.41, 5.74) is 0.840. The van der Waals surface area contributed by atoms with Gasteiger partial charge in [-0.3, -0.25) is 0 Å². The molecule has 1 aromatic carbocycles. The van der Waals surface area contributed by atoms with E-state index >= 15 is 0 Å². The first-order chi connectivity index (χ1) is 9.01. The lowest BCUT2D eigenvalue weighted by Gasteiger charge is -2.26. The van der Waals surface area contributed by atoms with Gasteiger partial charge in [-0.05, 0) is 55.5 Å². The van der Waals surface area contributed by atoms with Gasteiger partial charge >= 0.3 is 0 Å². The van der Waals surface area contributed by atoms with Crippen molar-refractivity contribution in [3.05, 3.63) is 34.9 Å². The molecule has 0 aliphatic heterocycles. The van der Waals surface area contributed by atoms with Crippen LogP contribution < -0.4 is 5.32 Å². The number of benzene rings is 1. The predicted octanol–water partition coefficient (Wildman–Crippen LogP) is 4.55. The van der Waals surface area contributed by atoms with Crippen LogP contribution in [-0.4, -0.2) is 12.6 Å². The van der Waals surface area contributed by atoms with Crippen molar-refractivity contribution < 1.29 is 8.78 Å². The quantitative estimate of drug-likeness (QED) is 0.766. The Hall–Kier alpha value is -0.960. The number of hydrogen-bond acceptors (Lipinski definition) is 1. The van der Waals surface area contributed by atoms with Gasteiger partial charge in [-0.25, -0.2) is 8.78 Å². The first-order valence-electron chi connectivity index (χ1n) is 7.20. The maximum atomic E-state index is 14.0.